The Balaban J connectivity index is 0.000000429. The van der Waals surface area contributed by atoms with Crippen molar-refractivity contribution in [2.75, 3.05) is 42.9 Å². The summed E-state index contributed by atoms with van der Waals surface area (Å²) in [7, 11) is 0. The van der Waals surface area contributed by atoms with Crippen LogP contribution >= 0.6 is 0 Å². The number of amides is 2. The predicted octanol–water partition coefficient (Wildman–Crippen LogP) is 3.23. The second-order valence-electron chi connectivity index (χ2n) is 8.60. The van der Waals surface area contributed by atoms with Crippen LogP contribution in [0.25, 0.3) is 0 Å². The molecule has 0 spiro atoms. The van der Waals surface area contributed by atoms with E-state index < -0.39 is 12.1 Å². The maximum atomic E-state index is 12.7. The minimum Gasteiger partial charge on any atom is -0.475 e. The van der Waals surface area contributed by atoms with Gasteiger partial charge in [0.05, 0.1) is 18.1 Å². The average molecular weight is 495 g/mol. The first-order valence-electron chi connectivity index (χ1n) is 11.3. The largest absolute Gasteiger partial charge is 0.490 e. The summed E-state index contributed by atoms with van der Waals surface area (Å²) >= 11 is 0. The molecule has 4 rings (SSSR count). The quantitative estimate of drug-likeness (QED) is 0.601. The third-order valence-electron chi connectivity index (χ3n) is 5.73. The molecule has 12 heteroatoms. The lowest BCUT2D eigenvalue weighted by molar-refractivity contribution is -0.192. The van der Waals surface area contributed by atoms with E-state index in [4.69, 9.17) is 9.90 Å². The molecule has 1 aromatic heterocycles. The van der Waals surface area contributed by atoms with Gasteiger partial charge < -0.3 is 25.5 Å². The highest BCUT2D eigenvalue weighted by molar-refractivity contribution is 5.89. The van der Waals surface area contributed by atoms with Gasteiger partial charge in [-0.1, -0.05) is 32.0 Å². The first kappa shape index (κ1) is 26.2. The highest BCUT2D eigenvalue weighted by Crippen LogP contribution is 2.24. The molecule has 2 aromatic rings. The number of urea groups is 1. The summed E-state index contributed by atoms with van der Waals surface area (Å²) < 4.78 is 31.7. The summed E-state index contributed by atoms with van der Waals surface area (Å²) in [6, 6.07) is 6.56. The van der Waals surface area contributed by atoms with Crippen molar-refractivity contribution in [2.24, 2.45) is 0 Å². The van der Waals surface area contributed by atoms with E-state index in [1.165, 1.54) is 16.7 Å². The maximum absolute atomic E-state index is 12.7. The minimum absolute atomic E-state index is 0.0980. The molecule has 190 valence electrons. The number of alkyl halides is 3. The molecule has 2 aliphatic rings. The van der Waals surface area contributed by atoms with E-state index in [1.807, 2.05) is 4.90 Å². The Bertz CT molecular complexity index is 1020. The lowest BCUT2D eigenvalue weighted by Crippen LogP contribution is -2.44. The molecular formula is C23H29F3N6O3. The normalized spacial score (nSPS) is 15.7. The molecule has 3 N–H and O–H groups in total. The van der Waals surface area contributed by atoms with Crippen LogP contribution in [-0.2, 0) is 17.8 Å². The Kier molecular flexibility index (Phi) is 8.49. The van der Waals surface area contributed by atoms with E-state index in [0.29, 0.717) is 24.1 Å². The van der Waals surface area contributed by atoms with Crippen molar-refractivity contribution in [3.05, 3.63) is 47.3 Å². The third kappa shape index (κ3) is 7.28. The van der Waals surface area contributed by atoms with Crippen LogP contribution in [0, 0.1) is 0 Å². The Morgan fingerprint density at radius 3 is 2.29 bits per heavy atom. The Hall–Kier alpha value is -3.41. The first-order chi connectivity index (χ1) is 16.5. The number of halogens is 3. The molecule has 2 aliphatic heterocycles. The van der Waals surface area contributed by atoms with E-state index in [1.54, 1.807) is 12.4 Å². The number of carbonyl (C=O) groups excluding carboxylic acids is 1. The lowest BCUT2D eigenvalue weighted by Gasteiger charge is -2.30. The molecule has 0 radical (unpaired) electrons. The summed E-state index contributed by atoms with van der Waals surface area (Å²) in [6.45, 7) is 9.43. The molecule has 9 nitrogen and oxygen atoms in total. The van der Waals surface area contributed by atoms with Crippen LogP contribution in [0.5, 0.6) is 0 Å². The SMILES string of the molecule is CC(C)c1ccc2c(c1)CN(C(=O)Nc1cnc(N3CCNCC3)nc1)CC2.O=C(O)C(F)(F)F. The number of hydrogen-bond donors (Lipinski definition) is 3. The van der Waals surface area contributed by atoms with Gasteiger partial charge in [-0.05, 0) is 29.0 Å². The molecule has 0 bridgehead atoms. The van der Waals surface area contributed by atoms with Gasteiger partial charge in [-0.2, -0.15) is 13.2 Å². The van der Waals surface area contributed by atoms with Crippen molar-refractivity contribution >= 4 is 23.6 Å². The Morgan fingerprint density at radius 1 is 1.09 bits per heavy atom. The number of aromatic nitrogens is 2. The highest BCUT2D eigenvalue weighted by Gasteiger charge is 2.38. The van der Waals surface area contributed by atoms with E-state index >= 15 is 0 Å². The van der Waals surface area contributed by atoms with Crippen LogP contribution in [0.15, 0.2) is 30.6 Å². The smallest absolute Gasteiger partial charge is 0.475 e. The number of fused-ring (bicyclic) bond motifs is 1. The van der Waals surface area contributed by atoms with Gasteiger partial charge in [0.2, 0.25) is 5.95 Å². The van der Waals surface area contributed by atoms with Crippen LogP contribution in [0.1, 0.15) is 36.5 Å². The van der Waals surface area contributed by atoms with Crippen molar-refractivity contribution in [3.63, 3.8) is 0 Å². The Labute approximate surface area is 201 Å². The fourth-order valence-corrected chi connectivity index (χ4v) is 3.73. The number of nitrogens with one attached hydrogen (secondary N) is 2. The number of nitrogens with zero attached hydrogens (tertiary/aromatic N) is 4. The summed E-state index contributed by atoms with van der Waals surface area (Å²) in [6.07, 6.45) is -0.812. The molecule has 2 amide bonds. The standard InChI is InChI=1S/C21H28N6O.C2HF3O2/c1-15(2)17-4-3-16-5-8-27(14-18(16)11-17)21(28)25-19-12-23-20(24-13-19)26-9-6-22-7-10-26;3-2(4,5)1(6)7/h3-4,11-13,15,22H,5-10,14H2,1-2H3,(H,25,28);(H,6,7). The molecular weight excluding hydrogens is 465 g/mol. The van der Waals surface area contributed by atoms with Crippen molar-refractivity contribution < 1.29 is 27.9 Å². The maximum Gasteiger partial charge on any atom is 0.490 e. The second-order valence-corrected chi connectivity index (χ2v) is 8.60. The predicted molar refractivity (Wildman–Crippen MR) is 124 cm³/mol. The first-order valence-corrected chi connectivity index (χ1v) is 11.3. The topological polar surface area (TPSA) is 111 Å². The average Bonchev–Trinajstić information content (AvgIpc) is 2.84. The van der Waals surface area contributed by atoms with E-state index in [2.05, 4.69) is 57.5 Å². The molecule has 0 aliphatic carbocycles. The number of hydrogen-bond acceptors (Lipinski definition) is 6. The van der Waals surface area contributed by atoms with E-state index in [9.17, 15) is 18.0 Å². The van der Waals surface area contributed by atoms with Gasteiger partial charge >= 0.3 is 18.2 Å². The molecule has 0 atom stereocenters. The molecule has 1 saturated heterocycles. The van der Waals surface area contributed by atoms with Crippen LogP contribution in [-0.4, -0.2) is 70.9 Å². The van der Waals surface area contributed by atoms with Gasteiger partial charge in [0.25, 0.3) is 0 Å². The van der Waals surface area contributed by atoms with Crippen LogP contribution < -0.4 is 15.5 Å². The Morgan fingerprint density at radius 2 is 1.71 bits per heavy atom. The zero-order valence-corrected chi connectivity index (χ0v) is 19.6. The van der Waals surface area contributed by atoms with Gasteiger partial charge in [-0.15, -0.1) is 0 Å². The summed E-state index contributed by atoms with van der Waals surface area (Å²) in [4.78, 5) is 34.5. The summed E-state index contributed by atoms with van der Waals surface area (Å²) in [5.41, 5.74) is 4.54. The van der Waals surface area contributed by atoms with E-state index in [0.717, 1.165) is 39.1 Å². The number of carboxylic acid groups (broad SMARTS) is 1. The third-order valence-corrected chi connectivity index (χ3v) is 5.73. The number of carboxylic acids is 1. The van der Waals surface area contributed by atoms with Crippen LogP contribution in [0.3, 0.4) is 0 Å². The van der Waals surface area contributed by atoms with Gasteiger partial charge in [-0.3, -0.25) is 0 Å². The minimum atomic E-state index is -5.08. The van der Waals surface area contributed by atoms with Gasteiger partial charge in [-0.25, -0.2) is 19.6 Å². The number of rotatable bonds is 3. The van der Waals surface area contributed by atoms with Crippen molar-refractivity contribution in [1.29, 1.82) is 0 Å². The fraction of sp³-hybridized carbons (Fsp3) is 0.478. The number of piperazine rings is 1. The molecule has 1 fully saturated rings. The molecule has 0 unspecified atom stereocenters. The second kappa shape index (κ2) is 11.3. The van der Waals surface area contributed by atoms with Gasteiger partial charge in [0.15, 0.2) is 0 Å². The zero-order chi connectivity index (χ0) is 25.6. The monoisotopic (exact) mass is 494 g/mol. The van der Waals surface area contributed by atoms with Gasteiger partial charge in [0.1, 0.15) is 0 Å². The fourth-order valence-electron chi connectivity index (χ4n) is 3.73. The molecule has 35 heavy (non-hydrogen) atoms. The number of benzene rings is 1. The molecule has 0 saturated carbocycles. The molecule has 1 aromatic carbocycles. The zero-order valence-electron chi connectivity index (χ0n) is 19.6. The number of aliphatic carboxylic acids is 1. The number of anilines is 2. The number of carbonyl (C=O) groups is 2. The van der Waals surface area contributed by atoms with E-state index in [-0.39, 0.29) is 6.03 Å². The summed E-state index contributed by atoms with van der Waals surface area (Å²) in [5, 5.41) is 13.4. The van der Waals surface area contributed by atoms with Crippen LogP contribution in [0.2, 0.25) is 0 Å². The summed E-state index contributed by atoms with van der Waals surface area (Å²) in [5.74, 6) is -1.55. The van der Waals surface area contributed by atoms with Gasteiger partial charge in [0, 0.05) is 39.3 Å². The van der Waals surface area contributed by atoms with Crippen molar-refractivity contribution in [3.8, 4) is 0 Å². The van der Waals surface area contributed by atoms with Crippen LogP contribution in [0.4, 0.5) is 29.6 Å². The van der Waals surface area contributed by atoms with Crippen molar-refractivity contribution in [2.45, 2.75) is 38.9 Å². The lowest BCUT2D eigenvalue weighted by atomic mass is 9.93. The van der Waals surface area contributed by atoms with Crippen molar-refractivity contribution in [1.82, 2.24) is 20.2 Å². The highest BCUT2D eigenvalue weighted by atomic mass is 19.4. The molecule has 3 heterocycles.